The van der Waals surface area contributed by atoms with Crippen LogP contribution in [0, 0.1) is 24.7 Å². The molecule has 6 aromatic heterocycles. The summed E-state index contributed by atoms with van der Waals surface area (Å²) in [7, 11) is -1.16. The summed E-state index contributed by atoms with van der Waals surface area (Å²) in [5.41, 5.74) is 8.89. The molecule has 0 aliphatic carbocycles. The summed E-state index contributed by atoms with van der Waals surface area (Å²) in [6.45, 7) is 25.4. The number of rotatable bonds is 11. The predicted octanol–water partition coefficient (Wildman–Crippen LogP) is 10.9. The van der Waals surface area contributed by atoms with Crippen molar-refractivity contribution in [3.8, 4) is 0 Å². The Bertz CT molecular complexity index is 3330. The van der Waals surface area contributed by atoms with Gasteiger partial charge in [0.25, 0.3) is 0 Å². The molecule has 1 amide bonds. The van der Waals surface area contributed by atoms with Gasteiger partial charge in [-0.25, -0.2) is 19.4 Å². The molecule has 4 N–H and O–H groups in total. The van der Waals surface area contributed by atoms with Gasteiger partial charge in [0.15, 0.2) is 22.8 Å². The molecule has 2 aromatic carbocycles. The van der Waals surface area contributed by atoms with E-state index in [9.17, 15) is 4.79 Å². The van der Waals surface area contributed by atoms with Crippen molar-refractivity contribution in [2.45, 2.75) is 111 Å². The van der Waals surface area contributed by atoms with Gasteiger partial charge in [-0.05, 0) is 133 Å². The Kier molecular flexibility index (Phi) is 13.5. The lowest BCUT2D eigenvalue weighted by molar-refractivity contribution is 0.0266. The molecule has 75 heavy (non-hydrogen) atoms. The number of hydrogen-bond acceptors (Lipinski definition) is 16. The Morgan fingerprint density at radius 2 is 1.35 bits per heavy atom. The summed E-state index contributed by atoms with van der Waals surface area (Å²) in [6, 6.07) is 17.2. The number of aryl methyl sites for hydroxylation is 2. The zero-order valence-electron chi connectivity index (χ0n) is 44.8. The molecule has 4 aliphatic heterocycles. The van der Waals surface area contributed by atoms with Gasteiger partial charge in [-0.1, -0.05) is 19.6 Å². The third-order valence-corrected chi connectivity index (χ3v) is 17.3. The molecule has 19 nitrogen and oxygen atoms in total. The molecular weight excluding hydrogens is 965 g/mol. The number of nitrogens with zero attached hydrogens (tertiary/aromatic N) is 10. The van der Waals surface area contributed by atoms with Crippen molar-refractivity contribution >= 4 is 93.1 Å². The van der Waals surface area contributed by atoms with E-state index in [4.69, 9.17) is 38.4 Å². The maximum atomic E-state index is 12.7. The van der Waals surface area contributed by atoms with Crippen LogP contribution in [0.2, 0.25) is 25.7 Å². The Balaban J connectivity index is 0.000000173. The van der Waals surface area contributed by atoms with Crippen molar-refractivity contribution in [1.82, 2.24) is 50.1 Å². The van der Waals surface area contributed by atoms with E-state index in [0.717, 1.165) is 157 Å². The highest BCUT2D eigenvalue weighted by Crippen LogP contribution is 2.43. The first-order valence-electron chi connectivity index (χ1n) is 26.7. The molecule has 12 rings (SSSR count). The van der Waals surface area contributed by atoms with Crippen molar-refractivity contribution < 1.29 is 23.1 Å². The third kappa shape index (κ3) is 11.0. The second-order valence-corrected chi connectivity index (χ2v) is 29.2. The lowest BCUT2D eigenvalue weighted by atomic mass is 9.78. The molecular formula is C55H72N14O5Si. The van der Waals surface area contributed by atoms with Crippen LogP contribution in [-0.2, 0) is 16.2 Å². The minimum Gasteiger partial charge on any atom is -0.459 e. The summed E-state index contributed by atoms with van der Waals surface area (Å²) >= 11 is 0. The molecule has 0 atom stereocenters. The molecule has 20 heteroatoms. The normalized spacial score (nSPS) is 17.7. The van der Waals surface area contributed by atoms with Crippen molar-refractivity contribution in [2.75, 3.05) is 79.4 Å². The van der Waals surface area contributed by atoms with E-state index in [2.05, 4.69) is 78.8 Å². The number of ether oxygens (including phenoxy) is 2. The lowest BCUT2D eigenvalue weighted by Gasteiger charge is -2.39. The highest BCUT2D eigenvalue weighted by Gasteiger charge is 2.44. The van der Waals surface area contributed by atoms with E-state index < -0.39 is 13.7 Å². The first-order valence-corrected chi connectivity index (χ1v) is 30.4. The van der Waals surface area contributed by atoms with Crippen molar-refractivity contribution in [1.29, 1.82) is 0 Å². The quantitative estimate of drug-likeness (QED) is 0.0702. The standard InChI is InChI=1S/C33H47N7O4Si.C22H25N7O/c1-23-25-9-8-24(20-27(25)40(37-23)22-42-18-19-45(5,6)7)34-30-35-26-10-17-43-28(26)29(36-30)38-14-11-33(12-15-38)13-16-39(21-33)31(41)44-32(2,3)4;1-14-16-3-2-15(12-18(16)28-27-14)24-21-25-17-4-11-30-19(17)20(26-21)29-9-6-22(7-10-29)5-8-23-13-22/h8-10,17,20H,11-16,18-19,21-22H2,1-7H3,(H,34,35,36);2-4,11-12,23H,5-10,13H2,1H3,(H,27,28)(H,24,25,26). The van der Waals surface area contributed by atoms with E-state index >= 15 is 0 Å². The van der Waals surface area contributed by atoms with E-state index in [1.54, 1.807) is 12.5 Å². The van der Waals surface area contributed by atoms with Gasteiger partial charge < -0.3 is 49.0 Å². The van der Waals surface area contributed by atoms with Crippen LogP contribution in [-0.4, -0.2) is 124 Å². The number of nitrogens with one attached hydrogen (secondary N) is 4. The van der Waals surface area contributed by atoms with Gasteiger partial charge in [0.05, 0.1) is 29.3 Å². The van der Waals surface area contributed by atoms with Crippen LogP contribution in [0.3, 0.4) is 0 Å². The van der Waals surface area contributed by atoms with Gasteiger partial charge in [0, 0.05) is 100 Å². The molecule has 10 heterocycles. The number of fused-ring (bicyclic) bond motifs is 4. The number of carbonyl (C=O) groups excluding carboxylic acids is 1. The first-order chi connectivity index (χ1) is 36.0. The summed E-state index contributed by atoms with van der Waals surface area (Å²) in [4.78, 5) is 38.5. The highest BCUT2D eigenvalue weighted by molar-refractivity contribution is 6.76. The SMILES string of the molecule is Cc1[nH]nc2cc(Nc3nc(N4CCC5(CCNC5)CC4)c4occc4n3)ccc12.Cc1nn(COCC[Si](C)(C)C)c2cc(Nc3nc(N4CCC5(CCN(C(=O)OC(C)(C)C)C5)CC4)c4occc4n3)ccc12. The average Bonchev–Trinajstić information content (AvgIpc) is 4.27. The van der Waals surface area contributed by atoms with Gasteiger partial charge in [0.2, 0.25) is 11.9 Å². The van der Waals surface area contributed by atoms with Gasteiger partial charge >= 0.3 is 6.09 Å². The second kappa shape index (κ2) is 20.1. The van der Waals surface area contributed by atoms with Gasteiger partial charge in [-0.15, -0.1) is 0 Å². The molecule has 4 saturated heterocycles. The van der Waals surface area contributed by atoms with Crippen molar-refractivity contribution in [3.63, 3.8) is 0 Å². The zero-order chi connectivity index (χ0) is 52.1. The summed E-state index contributed by atoms with van der Waals surface area (Å²) in [5, 5.41) is 24.7. The van der Waals surface area contributed by atoms with Crippen LogP contribution in [0.4, 0.5) is 39.7 Å². The molecule has 0 unspecified atom stereocenters. The number of carbonyl (C=O) groups is 1. The van der Waals surface area contributed by atoms with Crippen LogP contribution in [0.1, 0.15) is 70.7 Å². The van der Waals surface area contributed by atoms with Crippen LogP contribution in [0.15, 0.2) is 69.9 Å². The topological polar surface area (TPSA) is 206 Å². The fourth-order valence-corrected chi connectivity index (χ4v) is 12.0. The number of furan rings is 2. The monoisotopic (exact) mass is 1040 g/mol. The Morgan fingerprint density at radius 3 is 1.95 bits per heavy atom. The minimum atomic E-state index is -1.16. The lowest BCUT2D eigenvalue weighted by Crippen LogP contribution is -2.43. The molecule has 8 aromatic rings. The van der Waals surface area contributed by atoms with Gasteiger partial charge in [0.1, 0.15) is 23.4 Å². The summed E-state index contributed by atoms with van der Waals surface area (Å²) in [5.74, 6) is 2.77. The highest BCUT2D eigenvalue weighted by atomic mass is 28.3. The largest absolute Gasteiger partial charge is 0.459 e. The molecule has 0 radical (unpaired) electrons. The van der Waals surface area contributed by atoms with Crippen molar-refractivity contribution in [2.24, 2.45) is 10.8 Å². The molecule has 0 bridgehead atoms. The first kappa shape index (κ1) is 50.4. The van der Waals surface area contributed by atoms with Crippen molar-refractivity contribution in [3.05, 3.63) is 72.4 Å². The number of H-pyrrole nitrogens is 1. The number of piperidine rings is 2. The van der Waals surface area contributed by atoms with Crippen LogP contribution < -0.4 is 25.8 Å². The maximum absolute atomic E-state index is 12.7. The Hall–Kier alpha value is -6.77. The van der Waals surface area contributed by atoms with E-state index in [0.29, 0.717) is 29.6 Å². The fourth-order valence-electron chi connectivity index (χ4n) is 11.2. The number of aromatic nitrogens is 8. The Labute approximate surface area is 438 Å². The number of aromatic amines is 1. The zero-order valence-corrected chi connectivity index (χ0v) is 45.8. The number of amides is 1. The van der Waals surface area contributed by atoms with Crippen LogP contribution in [0.5, 0.6) is 0 Å². The smallest absolute Gasteiger partial charge is 0.410 e. The Morgan fingerprint density at radius 1 is 0.747 bits per heavy atom. The van der Waals surface area contributed by atoms with Crippen LogP contribution >= 0.6 is 0 Å². The average molecular weight is 1040 g/mol. The molecule has 4 fully saturated rings. The number of hydrogen-bond donors (Lipinski definition) is 4. The number of benzene rings is 2. The molecule has 2 spiro atoms. The van der Waals surface area contributed by atoms with Crippen LogP contribution in [0.25, 0.3) is 44.0 Å². The number of likely N-dealkylation sites (tertiary alicyclic amines) is 1. The van der Waals surface area contributed by atoms with Gasteiger partial charge in [-0.3, -0.25) is 5.10 Å². The molecule has 4 aliphatic rings. The minimum absolute atomic E-state index is 0.110. The second-order valence-electron chi connectivity index (χ2n) is 23.6. The summed E-state index contributed by atoms with van der Waals surface area (Å²) in [6.07, 6.45) is 9.74. The third-order valence-electron chi connectivity index (χ3n) is 15.6. The fraction of sp³-hybridized carbons (Fsp3) is 0.509. The molecule has 0 saturated carbocycles. The maximum Gasteiger partial charge on any atom is 0.410 e. The van der Waals surface area contributed by atoms with E-state index in [1.165, 1.54) is 19.3 Å². The predicted molar refractivity (Wildman–Crippen MR) is 297 cm³/mol. The van der Waals surface area contributed by atoms with E-state index in [-0.39, 0.29) is 11.5 Å². The molecule has 396 valence electrons. The number of anilines is 6. The van der Waals surface area contributed by atoms with E-state index in [1.807, 2.05) is 74.5 Å². The van der Waals surface area contributed by atoms with Gasteiger partial charge in [-0.2, -0.15) is 20.2 Å². The summed E-state index contributed by atoms with van der Waals surface area (Å²) < 4.78 is 25.2.